The van der Waals surface area contributed by atoms with Crippen molar-refractivity contribution in [3.8, 4) is 11.4 Å². The number of carbonyl (C=O) groups excluding carboxylic acids is 1. The van der Waals surface area contributed by atoms with Crippen molar-refractivity contribution in [1.82, 2.24) is 14.6 Å². The van der Waals surface area contributed by atoms with Crippen LogP contribution in [0.25, 0.3) is 22.3 Å². The third kappa shape index (κ3) is 2.95. The van der Waals surface area contributed by atoms with Crippen molar-refractivity contribution in [2.75, 3.05) is 32.0 Å². The molecular formula is C23H21N5O5. The van der Waals surface area contributed by atoms with Gasteiger partial charge in [-0.25, -0.2) is 9.78 Å². The van der Waals surface area contributed by atoms with Crippen LogP contribution in [-0.2, 0) is 27.4 Å². The maximum absolute atomic E-state index is 13.3. The molecule has 168 valence electrons. The second-order valence-corrected chi connectivity index (χ2v) is 8.24. The first-order valence-corrected chi connectivity index (χ1v) is 10.7. The molecule has 0 aliphatic carbocycles. The molecule has 3 N–H and O–H groups in total. The molecule has 3 aromatic rings. The van der Waals surface area contributed by atoms with Gasteiger partial charge in [0.2, 0.25) is 0 Å². The van der Waals surface area contributed by atoms with Gasteiger partial charge in [-0.15, -0.1) is 0 Å². The minimum atomic E-state index is -1.60. The SMILES string of the molecule is Nc1c2c(c(=O)n3c1-c1nc4ccccc4c(C=NN4CCOCC4)c1C3)COC(=O)C2O. The van der Waals surface area contributed by atoms with Crippen LogP contribution in [0.4, 0.5) is 5.69 Å². The summed E-state index contributed by atoms with van der Waals surface area (Å²) in [6, 6.07) is 7.69. The number of para-hydroxylation sites is 1. The number of nitrogens with zero attached hydrogens (tertiary/aromatic N) is 4. The van der Waals surface area contributed by atoms with E-state index < -0.39 is 12.1 Å². The zero-order chi connectivity index (χ0) is 22.7. The van der Waals surface area contributed by atoms with Crippen molar-refractivity contribution in [2.24, 2.45) is 5.10 Å². The number of pyridine rings is 2. The lowest BCUT2D eigenvalue weighted by atomic mass is 9.97. The number of ether oxygens (including phenoxy) is 2. The molecule has 1 saturated heterocycles. The number of cyclic esters (lactones) is 1. The Bertz CT molecular complexity index is 1410. The Labute approximate surface area is 187 Å². The van der Waals surface area contributed by atoms with Crippen LogP contribution in [0, 0.1) is 0 Å². The predicted molar refractivity (Wildman–Crippen MR) is 120 cm³/mol. The smallest absolute Gasteiger partial charge is 0.340 e. The van der Waals surface area contributed by atoms with E-state index in [2.05, 4.69) is 5.10 Å². The first-order chi connectivity index (χ1) is 16.0. The summed E-state index contributed by atoms with van der Waals surface area (Å²) in [5.74, 6) is -0.818. The van der Waals surface area contributed by atoms with E-state index in [-0.39, 0.29) is 35.5 Å². The number of carbonyl (C=O) groups is 1. The highest BCUT2D eigenvalue weighted by molar-refractivity contribution is 6.03. The molecule has 0 saturated carbocycles. The largest absolute Gasteiger partial charge is 0.458 e. The highest BCUT2D eigenvalue weighted by atomic mass is 16.5. The van der Waals surface area contributed by atoms with Gasteiger partial charge in [0.05, 0.1) is 67.2 Å². The molecule has 10 nitrogen and oxygen atoms in total. The van der Waals surface area contributed by atoms with E-state index in [1.54, 1.807) is 4.57 Å². The highest BCUT2D eigenvalue weighted by Crippen LogP contribution is 2.41. The molecule has 2 aromatic heterocycles. The Morgan fingerprint density at radius 1 is 1.18 bits per heavy atom. The van der Waals surface area contributed by atoms with Gasteiger partial charge in [-0.05, 0) is 6.07 Å². The van der Waals surface area contributed by atoms with Crippen molar-refractivity contribution in [3.63, 3.8) is 0 Å². The van der Waals surface area contributed by atoms with Crippen molar-refractivity contribution < 1.29 is 19.4 Å². The summed E-state index contributed by atoms with van der Waals surface area (Å²) in [6.07, 6.45) is 0.210. The first kappa shape index (κ1) is 19.9. The fourth-order valence-electron chi connectivity index (χ4n) is 4.76. The number of nitrogen functional groups attached to an aromatic ring is 1. The number of benzene rings is 1. The third-order valence-electron chi connectivity index (χ3n) is 6.41. The second-order valence-electron chi connectivity index (χ2n) is 8.24. The number of anilines is 1. The summed E-state index contributed by atoms with van der Waals surface area (Å²) in [6.45, 7) is 2.69. The summed E-state index contributed by atoms with van der Waals surface area (Å²) < 4.78 is 11.9. The number of hydrazone groups is 1. The summed E-state index contributed by atoms with van der Waals surface area (Å²) in [5, 5.41) is 17.9. The molecule has 3 aliphatic rings. The number of hydrogen-bond donors (Lipinski definition) is 2. The van der Waals surface area contributed by atoms with Crippen LogP contribution >= 0.6 is 0 Å². The number of nitrogens with two attached hydrogens (primary N) is 1. The standard InChI is InChI=1S/C23H21N5O5/c24-18-17-15(11-33-23(31)21(17)29)22(30)28-10-14-13(9-25-27-5-7-32-8-6-27)12-3-1-2-4-16(12)26-19(14)20(18)28/h1-4,9,21,29H,5-8,10-11,24H2. The van der Waals surface area contributed by atoms with Gasteiger partial charge in [-0.3, -0.25) is 9.80 Å². The molecule has 0 spiro atoms. The maximum atomic E-state index is 13.3. The molecule has 3 aliphatic heterocycles. The lowest BCUT2D eigenvalue weighted by Gasteiger charge is -2.24. The number of rotatable bonds is 2. The quantitative estimate of drug-likeness (QED) is 0.340. The van der Waals surface area contributed by atoms with Gasteiger partial charge in [0.15, 0.2) is 6.10 Å². The number of hydrogen-bond acceptors (Lipinski definition) is 9. The number of aliphatic hydroxyl groups is 1. The normalized spacial score (nSPS) is 19.5. The van der Waals surface area contributed by atoms with Crippen molar-refractivity contribution in [3.05, 3.63) is 56.9 Å². The second kappa shape index (κ2) is 7.39. The molecule has 0 bridgehead atoms. The summed E-state index contributed by atoms with van der Waals surface area (Å²) in [4.78, 5) is 30.1. The number of esters is 1. The van der Waals surface area contributed by atoms with Crippen LogP contribution < -0.4 is 11.3 Å². The molecular weight excluding hydrogens is 426 g/mol. The van der Waals surface area contributed by atoms with E-state index in [4.69, 9.17) is 20.2 Å². The molecule has 10 heteroatoms. The van der Waals surface area contributed by atoms with Gasteiger partial charge in [-0.1, -0.05) is 18.2 Å². The van der Waals surface area contributed by atoms with Crippen LogP contribution in [-0.4, -0.2) is 58.2 Å². The monoisotopic (exact) mass is 447 g/mol. The van der Waals surface area contributed by atoms with Crippen LogP contribution in [0.1, 0.15) is 28.4 Å². The summed E-state index contributed by atoms with van der Waals surface area (Å²) >= 11 is 0. The predicted octanol–water partition coefficient (Wildman–Crippen LogP) is 0.764. The van der Waals surface area contributed by atoms with E-state index in [1.807, 2.05) is 35.5 Å². The van der Waals surface area contributed by atoms with Gasteiger partial charge < -0.3 is 24.9 Å². The van der Waals surface area contributed by atoms with Gasteiger partial charge >= 0.3 is 5.97 Å². The molecule has 1 atom stereocenters. The Kier molecular flexibility index (Phi) is 4.46. The molecule has 6 rings (SSSR count). The molecule has 1 aromatic carbocycles. The zero-order valence-corrected chi connectivity index (χ0v) is 17.7. The zero-order valence-electron chi connectivity index (χ0n) is 17.7. The summed E-state index contributed by atoms with van der Waals surface area (Å²) in [7, 11) is 0. The van der Waals surface area contributed by atoms with Crippen molar-refractivity contribution in [1.29, 1.82) is 0 Å². The number of aliphatic hydroxyl groups excluding tert-OH is 1. The fraction of sp³-hybridized carbons (Fsp3) is 0.304. The average molecular weight is 447 g/mol. The molecule has 0 radical (unpaired) electrons. The molecule has 33 heavy (non-hydrogen) atoms. The molecule has 1 fully saturated rings. The number of morpholine rings is 1. The average Bonchev–Trinajstić information content (AvgIpc) is 3.22. The van der Waals surface area contributed by atoms with E-state index in [0.29, 0.717) is 37.7 Å². The Morgan fingerprint density at radius 2 is 1.97 bits per heavy atom. The van der Waals surface area contributed by atoms with Gasteiger partial charge in [0.25, 0.3) is 5.56 Å². The van der Waals surface area contributed by atoms with Gasteiger partial charge in [0, 0.05) is 22.1 Å². The number of fused-ring (bicyclic) bond motifs is 5. The van der Waals surface area contributed by atoms with E-state index in [1.165, 1.54) is 0 Å². The Balaban J connectivity index is 1.58. The summed E-state index contributed by atoms with van der Waals surface area (Å²) in [5.41, 5.74) is 9.97. The van der Waals surface area contributed by atoms with E-state index >= 15 is 0 Å². The van der Waals surface area contributed by atoms with Crippen LogP contribution in [0.2, 0.25) is 0 Å². The molecule has 5 heterocycles. The lowest BCUT2D eigenvalue weighted by Crippen LogP contribution is -2.34. The fourth-order valence-corrected chi connectivity index (χ4v) is 4.76. The minimum absolute atomic E-state index is 0.119. The minimum Gasteiger partial charge on any atom is -0.458 e. The van der Waals surface area contributed by atoms with E-state index in [0.717, 1.165) is 22.0 Å². The van der Waals surface area contributed by atoms with Crippen LogP contribution in [0.3, 0.4) is 0 Å². The van der Waals surface area contributed by atoms with E-state index in [9.17, 15) is 14.7 Å². The van der Waals surface area contributed by atoms with Gasteiger partial charge in [-0.2, -0.15) is 5.10 Å². The topological polar surface area (TPSA) is 132 Å². The third-order valence-corrected chi connectivity index (χ3v) is 6.41. The Morgan fingerprint density at radius 3 is 2.79 bits per heavy atom. The molecule has 1 unspecified atom stereocenters. The maximum Gasteiger partial charge on any atom is 0.340 e. The van der Waals surface area contributed by atoms with Crippen LogP contribution in [0.5, 0.6) is 0 Å². The first-order valence-electron chi connectivity index (χ1n) is 10.7. The van der Waals surface area contributed by atoms with Gasteiger partial charge in [0.1, 0.15) is 6.61 Å². The number of aromatic nitrogens is 2. The lowest BCUT2D eigenvalue weighted by molar-refractivity contribution is -0.157. The highest BCUT2D eigenvalue weighted by Gasteiger charge is 2.37. The van der Waals surface area contributed by atoms with Crippen molar-refractivity contribution >= 4 is 28.8 Å². The van der Waals surface area contributed by atoms with Crippen molar-refractivity contribution in [2.45, 2.75) is 19.3 Å². The molecule has 0 amide bonds. The Hall–Kier alpha value is -3.76. The van der Waals surface area contributed by atoms with Crippen LogP contribution in [0.15, 0.2) is 34.2 Å².